The van der Waals surface area contributed by atoms with Crippen molar-refractivity contribution in [3.8, 4) is 11.1 Å². The standard InChI is InChI=1S/C22H25NO4/c1-13-16(14-8-5-4-6-9-14)12-17(20(24)23-13)21(25)27-19-15-10-7-11-26-18(15)22(19,2)3/h4-6,8-9,12,15,18-19H,7,10-11H2,1-3H3,(H,23,24)/t15-,18-,19+/m0/s1. The number of carbonyl (C=O) groups excluding carboxylic acids is 1. The second kappa shape index (κ2) is 6.64. The number of fused-ring (bicyclic) bond motifs is 1. The Balaban J connectivity index is 1.62. The third-order valence-corrected chi connectivity index (χ3v) is 6.00. The summed E-state index contributed by atoms with van der Waals surface area (Å²) >= 11 is 0. The first-order valence-electron chi connectivity index (χ1n) is 9.51. The van der Waals surface area contributed by atoms with Gasteiger partial charge in [0, 0.05) is 29.2 Å². The van der Waals surface area contributed by atoms with Crippen molar-refractivity contribution < 1.29 is 14.3 Å². The fourth-order valence-electron chi connectivity index (χ4n) is 4.59. The number of pyridine rings is 1. The maximum absolute atomic E-state index is 12.8. The quantitative estimate of drug-likeness (QED) is 0.840. The number of aromatic amines is 1. The minimum atomic E-state index is -0.560. The summed E-state index contributed by atoms with van der Waals surface area (Å²) in [5, 5.41) is 0. The normalized spacial score (nSPS) is 26.0. The molecule has 0 amide bonds. The van der Waals surface area contributed by atoms with E-state index in [9.17, 15) is 9.59 Å². The molecular weight excluding hydrogens is 342 g/mol. The SMILES string of the molecule is Cc1[nH]c(=O)c(C(=O)O[C@@H]2[C@H]3CCCO[C@@H]3C2(C)C)cc1-c1ccccc1. The predicted molar refractivity (Wildman–Crippen MR) is 103 cm³/mol. The summed E-state index contributed by atoms with van der Waals surface area (Å²) in [5.41, 5.74) is 1.91. The Hall–Kier alpha value is -2.40. The summed E-state index contributed by atoms with van der Waals surface area (Å²) in [5.74, 6) is -0.341. The first kappa shape index (κ1) is 18.0. The highest BCUT2D eigenvalue weighted by molar-refractivity contribution is 5.91. The summed E-state index contributed by atoms with van der Waals surface area (Å²) in [4.78, 5) is 28.1. The largest absolute Gasteiger partial charge is 0.458 e. The van der Waals surface area contributed by atoms with Gasteiger partial charge < -0.3 is 14.5 Å². The molecule has 0 spiro atoms. The van der Waals surface area contributed by atoms with Gasteiger partial charge in [-0.25, -0.2) is 4.79 Å². The van der Waals surface area contributed by atoms with E-state index in [1.807, 2.05) is 37.3 Å². The Bertz CT molecular complexity index is 916. The van der Waals surface area contributed by atoms with Crippen LogP contribution in [-0.4, -0.2) is 29.8 Å². The van der Waals surface area contributed by atoms with Gasteiger partial charge in [0.1, 0.15) is 11.7 Å². The van der Waals surface area contributed by atoms with Crippen LogP contribution >= 0.6 is 0 Å². The Morgan fingerprint density at radius 2 is 2.00 bits per heavy atom. The van der Waals surface area contributed by atoms with E-state index in [0.717, 1.165) is 36.3 Å². The molecule has 2 fully saturated rings. The van der Waals surface area contributed by atoms with Gasteiger partial charge in [-0.1, -0.05) is 44.2 Å². The van der Waals surface area contributed by atoms with Crippen molar-refractivity contribution in [3.63, 3.8) is 0 Å². The Kier molecular flexibility index (Phi) is 4.42. The van der Waals surface area contributed by atoms with Crippen LogP contribution in [0.4, 0.5) is 0 Å². The number of hydrogen-bond donors (Lipinski definition) is 1. The maximum Gasteiger partial charge on any atom is 0.344 e. The molecule has 1 aromatic heterocycles. The van der Waals surface area contributed by atoms with Crippen molar-refractivity contribution in [3.05, 3.63) is 58.0 Å². The molecule has 5 heteroatoms. The first-order chi connectivity index (χ1) is 12.9. The van der Waals surface area contributed by atoms with E-state index in [2.05, 4.69) is 18.8 Å². The Labute approximate surface area is 158 Å². The van der Waals surface area contributed by atoms with Crippen molar-refractivity contribution >= 4 is 5.97 Å². The van der Waals surface area contributed by atoms with Crippen molar-refractivity contribution in [2.24, 2.45) is 11.3 Å². The lowest BCUT2D eigenvalue weighted by Gasteiger charge is -2.58. The number of aryl methyl sites for hydroxylation is 1. The molecule has 1 N–H and O–H groups in total. The lowest BCUT2D eigenvalue weighted by molar-refractivity contribution is -0.243. The molecule has 27 heavy (non-hydrogen) atoms. The number of aromatic nitrogens is 1. The fraction of sp³-hybridized carbons (Fsp3) is 0.455. The molecule has 2 aliphatic rings. The summed E-state index contributed by atoms with van der Waals surface area (Å²) in [6, 6.07) is 11.3. The maximum atomic E-state index is 12.8. The summed E-state index contributed by atoms with van der Waals surface area (Å²) in [7, 11) is 0. The molecule has 0 unspecified atom stereocenters. The molecule has 0 bridgehead atoms. The van der Waals surface area contributed by atoms with E-state index in [1.54, 1.807) is 6.07 Å². The minimum absolute atomic E-state index is 0.0513. The topological polar surface area (TPSA) is 68.4 Å². The number of ether oxygens (including phenoxy) is 2. The molecule has 1 aliphatic heterocycles. The van der Waals surface area contributed by atoms with Gasteiger partial charge in [-0.05, 0) is 31.4 Å². The molecule has 4 rings (SSSR count). The monoisotopic (exact) mass is 367 g/mol. The van der Waals surface area contributed by atoms with Crippen LogP contribution in [0.25, 0.3) is 11.1 Å². The van der Waals surface area contributed by atoms with Crippen LogP contribution in [0.1, 0.15) is 42.7 Å². The summed E-state index contributed by atoms with van der Waals surface area (Å²) in [6.45, 7) is 6.72. The van der Waals surface area contributed by atoms with Gasteiger partial charge in [0.05, 0.1) is 6.10 Å². The third kappa shape index (κ3) is 3.00. The number of esters is 1. The molecule has 2 heterocycles. The highest BCUT2D eigenvalue weighted by Gasteiger charge is 2.60. The number of rotatable bonds is 3. The lowest BCUT2D eigenvalue weighted by Crippen LogP contribution is -2.65. The summed E-state index contributed by atoms with van der Waals surface area (Å²) < 4.78 is 11.7. The molecule has 0 radical (unpaired) electrons. The van der Waals surface area contributed by atoms with Crippen molar-refractivity contribution in [1.82, 2.24) is 4.98 Å². The average molecular weight is 367 g/mol. The van der Waals surface area contributed by atoms with Crippen LogP contribution in [0.2, 0.25) is 0 Å². The Morgan fingerprint density at radius 1 is 1.26 bits per heavy atom. The molecule has 1 aromatic carbocycles. The van der Waals surface area contributed by atoms with Crippen LogP contribution in [0.5, 0.6) is 0 Å². The highest BCUT2D eigenvalue weighted by Crippen LogP contribution is 2.53. The fourth-order valence-corrected chi connectivity index (χ4v) is 4.59. The zero-order valence-corrected chi connectivity index (χ0v) is 16.0. The smallest absolute Gasteiger partial charge is 0.344 e. The van der Waals surface area contributed by atoms with Crippen LogP contribution in [-0.2, 0) is 9.47 Å². The van der Waals surface area contributed by atoms with Gasteiger partial charge in [0.15, 0.2) is 0 Å². The second-order valence-electron chi connectivity index (χ2n) is 8.16. The highest BCUT2D eigenvalue weighted by atomic mass is 16.6. The van der Waals surface area contributed by atoms with Crippen LogP contribution in [0.3, 0.4) is 0 Å². The summed E-state index contributed by atoms with van der Waals surface area (Å²) in [6.07, 6.45) is 1.87. The van der Waals surface area contributed by atoms with E-state index in [4.69, 9.17) is 9.47 Å². The van der Waals surface area contributed by atoms with E-state index >= 15 is 0 Å². The number of hydrogen-bond acceptors (Lipinski definition) is 4. The zero-order valence-electron chi connectivity index (χ0n) is 16.0. The second-order valence-corrected chi connectivity index (χ2v) is 8.16. The van der Waals surface area contributed by atoms with Crippen LogP contribution in [0.15, 0.2) is 41.2 Å². The minimum Gasteiger partial charge on any atom is -0.458 e. The molecule has 1 saturated heterocycles. The molecule has 5 nitrogen and oxygen atoms in total. The van der Waals surface area contributed by atoms with E-state index < -0.39 is 11.5 Å². The van der Waals surface area contributed by atoms with Crippen LogP contribution in [0, 0.1) is 18.3 Å². The molecular formula is C22H25NO4. The number of carbonyl (C=O) groups is 1. The predicted octanol–water partition coefficient (Wildman–Crippen LogP) is 3.71. The van der Waals surface area contributed by atoms with Gasteiger partial charge in [0.25, 0.3) is 5.56 Å². The lowest BCUT2D eigenvalue weighted by atomic mass is 9.57. The van der Waals surface area contributed by atoms with Gasteiger partial charge in [0.2, 0.25) is 0 Å². The van der Waals surface area contributed by atoms with Crippen molar-refractivity contribution in [2.75, 3.05) is 6.61 Å². The van der Waals surface area contributed by atoms with Gasteiger partial charge in [-0.3, -0.25) is 4.79 Å². The van der Waals surface area contributed by atoms with Gasteiger partial charge >= 0.3 is 5.97 Å². The third-order valence-electron chi connectivity index (χ3n) is 6.00. The zero-order chi connectivity index (χ0) is 19.2. The number of nitrogens with one attached hydrogen (secondary N) is 1. The van der Waals surface area contributed by atoms with Crippen molar-refractivity contribution in [2.45, 2.75) is 45.8 Å². The first-order valence-corrected chi connectivity index (χ1v) is 9.51. The van der Waals surface area contributed by atoms with Gasteiger partial charge in [-0.15, -0.1) is 0 Å². The molecule has 3 atom stereocenters. The van der Waals surface area contributed by atoms with Gasteiger partial charge in [-0.2, -0.15) is 0 Å². The van der Waals surface area contributed by atoms with Crippen molar-refractivity contribution in [1.29, 1.82) is 0 Å². The molecule has 142 valence electrons. The molecule has 1 saturated carbocycles. The van der Waals surface area contributed by atoms with E-state index in [0.29, 0.717) is 0 Å². The van der Waals surface area contributed by atoms with E-state index in [-0.39, 0.29) is 29.1 Å². The van der Waals surface area contributed by atoms with E-state index in [1.165, 1.54) is 0 Å². The average Bonchev–Trinajstić information content (AvgIpc) is 2.66. The number of benzene rings is 1. The van der Waals surface area contributed by atoms with Crippen LogP contribution < -0.4 is 5.56 Å². The Morgan fingerprint density at radius 3 is 2.74 bits per heavy atom. The molecule has 2 aromatic rings. The number of H-pyrrole nitrogens is 1. The molecule has 1 aliphatic carbocycles.